The molecule has 0 radical (unpaired) electrons. The lowest BCUT2D eigenvalue weighted by molar-refractivity contribution is -0.344. The van der Waals surface area contributed by atoms with Crippen molar-refractivity contribution in [1.82, 2.24) is 9.78 Å². The topological polar surface area (TPSA) is 198 Å². The van der Waals surface area contributed by atoms with Gasteiger partial charge < -0.3 is 39.5 Å². The maximum atomic E-state index is 13.4. The van der Waals surface area contributed by atoms with Crippen LogP contribution in [0.25, 0.3) is 11.3 Å². The van der Waals surface area contributed by atoms with Gasteiger partial charge in [-0.2, -0.15) is 0 Å². The van der Waals surface area contributed by atoms with E-state index in [4.69, 9.17) is 14.2 Å². The molecule has 14 heteroatoms. The van der Waals surface area contributed by atoms with E-state index in [-0.39, 0.29) is 18.3 Å². The number of aliphatic hydroxyl groups is 4. The molecule has 0 saturated carbocycles. The molecule has 270 valence electrons. The molecule has 4 N–H and O–H groups in total. The van der Waals surface area contributed by atoms with Crippen LogP contribution in [0.4, 0.5) is 5.69 Å². The molecular formula is C36H45N3O11. The van der Waals surface area contributed by atoms with E-state index >= 15 is 0 Å². The number of ether oxygens (including phenoxy) is 3. The zero-order valence-corrected chi connectivity index (χ0v) is 29.6. The van der Waals surface area contributed by atoms with Crippen LogP contribution in [0, 0.1) is 0 Å². The van der Waals surface area contributed by atoms with E-state index in [2.05, 4.69) is 5.10 Å². The molecule has 50 heavy (non-hydrogen) atoms. The Balaban J connectivity index is 2.02. The number of nitrogens with zero attached hydrogens (tertiary/aromatic N) is 3. The second-order valence-corrected chi connectivity index (χ2v) is 13.1. The molecule has 6 atom stereocenters. The molecule has 1 aromatic heterocycles. The average Bonchev–Trinajstić information content (AvgIpc) is 3.42. The number of hydrogen-bond acceptors (Lipinski definition) is 13. The Bertz CT molecular complexity index is 1770. The standard InChI is InChI=1S/C36H45N3O11/c1-19(2)39-29(25-12-14-26(15-13-25)38(7)8)28(18-24-10-16-27(48-9)17-11-24)32(37-39)50-33-35(46,22(5)42)36(47,23(6)43)34(45,21(4)41)31(49-33)30(44)20(3)40/h10-17,19-20,31,33,40,45-47H,18H2,1-9H3/t20?,31-,33+,34-,35+,36+/m1/s1. The third kappa shape index (κ3) is 6.11. The van der Waals surface area contributed by atoms with Crippen LogP contribution in [0.5, 0.6) is 11.6 Å². The minimum atomic E-state index is -3.68. The molecule has 0 spiro atoms. The molecular weight excluding hydrogens is 650 g/mol. The van der Waals surface area contributed by atoms with Gasteiger partial charge in [0, 0.05) is 43.4 Å². The normalized spacial score (nSPS) is 25.6. The Morgan fingerprint density at radius 3 is 1.90 bits per heavy atom. The molecule has 4 rings (SSSR count). The van der Waals surface area contributed by atoms with Crippen LogP contribution in [-0.4, -0.2) is 110 Å². The number of methoxy groups -OCH3 is 1. The maximum absolute atomic E-state index is 13.4. The first kappa shape index (κ1) is 38.3. The van der Waals surface area contributed by atoms with Crippen molar-refractivity contribution in [3.05, 3.63) is 59.7 Å². The Kier molecular flexibility index (Phi) is 10.8. The highest BCUT2D eigenvalue weighted by Gasteiger charge is 2.80. The number of anilines is 1. The lowest BCUT2D eigenvalue weighted by Crippen LogP contribution is -2.87. The van der Waals surface area contributed by atoms with Gasteiger partial charge in [-0.15, -0.1) is 5.10 Å². The first-order chi connectivity index (χ1) is 23.3. The fraction of sp³-hybridized carbons (Fsp3) is 0.472. The molecule has 1 fully saturated rings. The Labute approximate surface area is 290 Å². The molecule has 1 saturated heterocycles. The van der Waals surface area contributed by atoms with Crippen molar-refractivity contribution < 1.29 is 53.8 Å². The highest BCUT2D eigenvalue weighted by molar-refractivity contribution is 6.08. The molecule has 1 unspecified atom stereocenters. The zero-order chi connectivity index (χ0) is 37.5. The van der Waals surface area contributed by atoms with Gasteiger partial charge in [-0.1, -0.05) is 24.3 Å². The number of benzene rings is 2. The summed E-state index contributed by atoms with van der Waals surface area (Å²) in [5, 5.41) is 50.7. The van der Waals surface area contributed by atoms with Gasteiger partial charge in [0.2, 0.25) is 23.4 Å². The van der Waals surface area contributed by atoms with Crippen molar-refractivity contribution in [2.24, 2.45) is 0 Å². The highest BCUT2D eigenvalue weighted by atomic mass is 16.7. The van der Waals surface area contributed by atoms with Gasteiger partial charge in [0.25, 0.3) is 0 Å². The Morgan fingerprint density at radius 2 is 1.46 bits per heavy atom. The predicted molar refractivity (Wildman–Crippen MR) is 181 cm³/mol. The van der Waals surface area contributed by atoms with E-state index in [1.807, 2.05) is 69.2 Å². The second kappa shape index (κ2) is 14.0. The lowest BCUT2D eigenvalue weighted by Gasteiger charge is -2.56. The Hall–Kier alpha value is -4.47. The predicted octanol–water partition coefficient (Wildman–Crippen LogP) is 1.81. The number of Topliss-reactive ketones (excluding diaryl/α,β-unsaturated/α-hetero) is 4. The van der Waals surface area contributed by atoms with Crippen LogP contribution in [0.2, 0.25) is 0 Å². The summed E-state index contributed by atoms with van der Waals surface area (Å²) in [6.07, 6.45) is -6.59. The number of rotatable bonds is 13. The summed E-state index contributed by atoms with van der Waals surface area (Å²) in [5.41, 5.74) is -7.26. The largest absolute Gasteiger partial charge is 0.497 e. The number of carbonyl (C=O) groups is 4. The molecule has 1 aliphatic rings. The molecule has 14 nitrogen and oxygen atoms in total. The second-order valence-electron chi connectivity index (χ2n) is 13.1. The smallest absolute Gasteiger partial charge is 0.242 e. The minimum absolute atomic E-state index is 0.159. The lowest BCUT2D eigenvalue weighted by atomic mass is 9.60. The highest BCUT2D eigenvalue weighted by Crippen LogP contribution is 2.48. The molecule has 1 aliphatic heterocycles. The Morgan fingerprint density at radius 1 is 0.900 bits per heavy atom. The van der Waals surface area contributed by atoms with Gasteiger partial charge in [-0.25, -0.2) is 0 Å². The quantitative estimate of drug-likeness (QED) is 0.202. The van der Waals surface area contributed by atoms with Gasteiger partial charge >= 0.3 is 0 Å². The van der Waals surface area contributed by atoms with E-state index in [9.17, 15) is 39.6 Å². The van der Waals surface area contributed by atoms with E-state index in [0.717, 1.165) is 44.5 Å². The fourth-order valence-electron chi connectivity index (χ4n) is 6.32. The molecule has 0 bridgehead atoms. The number of aliphatic hydroxyl groups excluding tert-OH is 1. The van der Waals surface area contributed by atoms with Crippen molar-refractivity contribution in [3.63, 3.8) is 0 Å². The minimum Gasteiger partial charge on any atom is -0.497 e. The third-order valence-electron chi connectivity index (χ3n) is 9.21. The van der Waals surface area contributed by atoms with Crippen molar-refractivity contribution in [2.75, 3.05) is 26.1 Å². The van der Waals surface area contributed by atoms with E-state index < -0.39 is 58.4 Å². The molecule has 3 aromatic rings. The summed E-state index contributed by atoms with van der Waals surface area (Å²) in [6.45, 7) is 7.03. The van der Waals surface area contributed by atoms with Crippen LogP contribution < -0.4 is 14.4 Å². The maximum Gasteiger partial charge on any atom is 0.242 e. The van der Waals surface area contributed by atoms with Crippen LogP contribution in [0.15, 0.2) is 48.5 Å². The van der Waals surface area contributed by atoms with Crippen LogP contribution in [0.1, 0.15) is 58.7 Å². The van der Waals surface area contributed by atoms with Gasteiger partial charge in [-0.3, -0.25) is 23.9 Å². The first-order valence-corrected chi connectivity index (χ1v) is 16.0. The number of ketones is 4. The van der Waals surface area contributed by atoms with E-state index in [1.54, 1.807) is 16.8 Å². The van der Waals surface area contributed by atoms with E-state index in [0.29, 0.717) is 17.0 Å². The summed E-state index contributed by atoms with van der Waals surface area (Å²) in [5.74, 6) is -5.09. The monoisotopic (exact) mass is 695 g/mol. The fourth-order valence-corrected chi connectivity index (χ4v) is 6.32. The first-order valence-electron chi connectivity index (χ1n) is 16.0. The summed E-state index contributed by atoms with van der Waals surface area (Å²) < 4.78 is 18.9. The summed E-state index contributed by atoms with van der Waals surface area (Å²) in [6, 6.07) is 14.4. The SMILES string of the molecule is COc1ccc(Cc2c(O[C@@H]3O[C@H](C(=O)C(C)O)[C@](O)(C(C)=O)[C@@](O)(C(C)=O)[C@]3(O)C(C)=O)nn(C(C)C)c2-c2ccc(N(C)C)cc2)cc1. The van der Waals surface area contributed by atoms with E-state index in [1.165, 1.54) is 7.11 Å². The van der Waals surface area contributed by atoms with Crippen molar-refractivity contribution in [1.29, 1.82) is 0 Å². The van der Waals surface area contributed by atoms with Crippen molar-refractivity contribution >= 4 is 28.8 Å². The van der Waals surface area contributed by atoms with Gasteiger partial charge in [-0.05, 0) is 71.4 Å². The molecule has 2 heterocycles. The number of hydrogen-bond donors (Lipinski definition) is 4. The summed E-state index contributed by atoms with van der Waals surface area (Å²) in [7, 11) is 5.34. The average molecular weight is 696 g/mol. The van der Waals surface area contributed by atoms with Crippen molar-refractivity contribution in [2.45, 2.75) is 89.3 Å². The molecule has 2 aromatic carbocycles. The zero-order valence-electron chi connectivity index (χ0n) is 29.6. The number of carbonyl (C=O) groups excluding carboxylic acids is 4. The summed E-state index contributed by atoms with van der Waals surface area (Å²) in [4.78, 5) is 54.9. The molecule has 0 amide bonds. The number of aromatic nitrogens is 2. The summed E-state index contributed by atoms with van der Waals surface area (Å²) >= 11 is 0. The van der Waals surface area contributed by atoms with Crippen molar-refractivity contribution in [3.8, 4) is 22.9 Å². The van der Waals surface area contributed by atoms with Crippen LogP contribution >= 0.6 is 0 Å². The van der Waals surface area contributed by atoms with Gasteiger partial charge in [0.05, 0.1) is 12.8 Å². The van der Waals surface area contributed by atoms with Crippen LogP contribution in [0.3, 0.4) is 0 Å². The van der Waals surface area contributed by atoms with Crippen LogP contribution in [-0.2, 0) is 30.3 Å². The third-order valence-corrected chi connectivity index (χ3v) is 9.21. The molecule has 0 aliphatic carbocycles. The van der Waals surface area contributed by atoms with Gasteiger partial charge in [0.1, 0.15) is 11.9 Å². The van der Waals surface area contributed by atoms with Gasteiger partial charge in [0.15, 0.2) is 34.8 Å².